The predicted octanol–water partition coefficient (Wildman–Crippen LogP) is 3.44. The molecule has 2 aromatic rings. The minimum Gasteiger partial charge on any atom is -0.385 e. The molecule has 0 saturated carbocycles. The number of rotatable bonds is 9. The molecule has 0 heterocycles. The number of sulfonamides is 1. The summed E-state index contributed by atoms with van der Waals surface area (Å²) in [6, 6.07) is 8.66. The van der Waals surface area contributed by atoms with E-state index in [1.807, 2.05) is 0 Å². The fourth-order valence-electron chi connectivity index (χ4n) is 2.24. The molecule has 6 nitrogen and oxygen atoms in total. The Bertz CT molecular complexity index is 889. The average Bonchev–Trinajstić information content (AvgIpc) is 2.63. The number of nitrogens with one attached hydrogen (secondary N) is 2. The third-order valence-corrected chi connectivity index (χ3v) is 5.37. The van der Waals surface area contributed by atoms with E-state index in [4.69, 9.17) is 16.3 Å². The van der Waals surface area contributed by atoms with Crippen LogP contribution in [0.3, 0.4) is 0 Å². The highest BCUT2D eigenvalue weighted by molar-refractivity contribution is 7.92. The molecule has 0 aromatic heterocycles. The maximum atomic E-state index is 13.0. The van der Waals surface area contributed by atoms with Crippen molar-refractivity contribution in [1.82, 2.24) is 5.32 Å². The lowest BCUT2D eigenvalue weighted by molar-refractivity contribution is 0.0951. The number of hydrogen-bond acceptors (Lipinski definition) is 4. The monoisotopic (exact) mass is 414 g/mol. The van der Waals surface area contributed by atoms with Crippen molar-refractivity contribution in [2.75, 3.05) is 25.0 Å². The fraction of sp³-hybridized carbons (Fsp3) is 0.278. The first-order valence-electron chi connectivity index (χ1n) is 8.18. The Morgan fingerprint density at radius 3 is 2.52 bits per heavy atom. The van der Waals surface area contributed by atoms with Crippen LogP contribution in [0.2, 0.25) is 5.02 Å². The first kappa shape index (κ1) is 21.1. The van der Waals surface area contributed by atoms with Crippen molar-refractivity contribution in [3.8, 4) is 0 Å². The van der Waals surface area contributed by atoms with Gasteiger partial charge in [0, 0.05) is 25.8 Å². The summed E-state index contributed by atoms with van der Waals surface area (Å²) < 4.78 is 45.1. The Hall–Kier alpha value is -2.16. The van der Waals surface area contributed by atoms with Crippen LogP contribution in [0.1, 0.15) is 23.2 Å². The summed E-state index contributed by atoms with van der Waals surface area (Å²) in [5, 5.41) is 2.89. The highest BCUT2D eigenvalue weighted by atomic mass is 35.5. The number of anilines is 1. The summed E-state index contributed by atoms with van der Waals surface area (Å²) in [7, 11) is -2.36. The second-order valence-corrected chi connectivity index (χ2v) is 7.80. The number of methoxy groups -OCH3 is 1. The Balaban J connectivity index is 2.10. The quantitative estimate of drug-likeness (QED) is 0.615. The van der Waals surface area contributed by atoms with Crippen LogP contribution < -0.4 is 10.0 Å². The van der Waals surface area contributed by atoms with Gasteiger partial charge >= 0.3 is 0 Å². The van der Waals surface area contributed by atoms with E-state index in [1.54, 1.807) is 7.11 Å². The Morgan fingerprint density at radius 2 is 1.85 bits per heavy atom. The molecule has 2 rings (SSSR count). The van der Waals surface area contributed by atoms with Crippen LogP contribution in [-0.4, -0.2) is 34.6 Å². The zero-order valence-corrected chi connectivity index (χ0v) is 16.2. The van der Waals surface area contributed by atoms with Gasteiger partial charge in [-0.1, -0.05) is 11.6 Å². The molecule has 0 aliphatic carbocycles. The van der Waals surface area contributed by atoms with Crippen molar-refractivity contribution in [3.63, 3.8) is 0 Å². The van der Waals surface area contributed by atoms with Gasteiger partial charge in [-0.05, 0) is 55.3 Å². The van der Waals surface area contributed by atoms with Gasteiger partial charge in [0.1, 0.15) is 5.82 Å². The standard InChI is InChI=1S/C18H20ClFN2O4S/c1-26-11-3-2-10-21-18(23)13-4-9-16(19)17(12-13)22-27(24,25)15-7-5-14(20)6-8-15/h4-9,12,22H,2-3,10-11H2,1H3,(H,21,23). The minimum atomic E-state index is -3.97. The molecule has 0 aliphatic rings. The second kappa shape index (κ2) is 9.68. The summed E-state index contributed by atoms with van der Waals surface area (Å²) in [6.07, 6.45) is 1.58. The van der Waals surface area contributed by atoms with E-state index in [0.717, 1.165) is 37.1 Å². The number of benzene rings is 2. The van der Waals surface area contributed by atoms with Crippen molar-refractivity contribution in [3.05, 3.63) is 58.9 Å². The van der Waals surface area contributed by atoms with Crippen LogP contribution in [0.5, 0.6) is 0 Å². The third-order valence-electron chi connectivity index (χ3n) is 3.66. The first-order chi connectivity index (χ1) is 12.8. The van der Waals surface area contributed by atoms with E-state index < -0.39 is 15.8 Å². The molecule has 0 aliphatic heterocycles. The van der Waals surface area contributed by atoms with Gasteiger partial charge in [-0.3, -0.25) is 9.52 Å². The molecule has 1 amide bonds. The van der Waals surface area contributed by atoms with Crippen molar-refractivity contribution in [1.29, 1.82) is 0 Å². The number of unbranched alkanes of at least 4 members (excludes halogenated alkanes) is 1. The molecule has 0 unspecified atom stereocenters. The number of carbonyl (C=O) groups excluding carboxylic acids is 1. The molecule has 2 N–H and O–H groups in total. The van der Waals surface area contributed by atoms with Gasteiger partial charge in [0.15, 0.2) is 0 Å². The average molecular weight is 415 g/mol. The van der Waals surface area contributed by atoms with Crippen LogP contribution in [0.4, 0.5) is 10.1 Å². The molecule has 27 heavy (non-hydrogen) atoms. The molecule has 146 valence electrons. The summed E-state index contributed by atoms with van der Waals surface area (Å²) in [5.74, 6) is -0.887. The SMILES string of the molecule is COCCCCNC(=O)c1ccc(Cl)c(NS(=O)(=O)c2ccc(F)cc2)c1. The van der Waals surface area contributed by atoms with Gasteiger partial charge in [-0.2, -0.15) is 0 Å². The highest BCUT2D eigenvalue weighted by Crippen LogP contribution is 2.26. The number of halogens is 2. The topological polar surface area (TPSA) is 84.5 Å². The molecular weight excluding hydrogens is 395 g/mol. The minimum absolute atomic E-state index is 0.0630. The van der Waals surface area contributed by atoms with E-state index in [2.05, 4.69) is 10.0 Å². The predicted molar refractivity (Wildman–Crippen MR) is 102 cm³/mol. The first-order valence-corrected chi connectivity index (χ1v) is 10.0. The molecule has 9 heteroatoms. The summed E-state index contributed by atoms with van der Waals surface area (Å²) >= 11 is 6.05. The van der Waals surface area contributed by atoms with E-state index in [0.29, 0.717) is 13.2 Å². The molecule has 0 saturated heterocycles. The zero-order valence-electron chi connectivity index (χ0n) is 14.7. The molecule has 2 aromatic carbocycles. The van der Waals surface area contributed by atoms with Crippen molar-refractivity contribution < 1.29 is 22.3 Å². The molecule has 0 radical (unpaired) electrons. The van der Waals surface area contributed by atoms with Crippen molar-refractivity contribution in [2.45, 2.75) is 17.7 Å². The van der Waals surface area contributed by atoms with Crippen LogP contribution in [0.15, 0.2) is 47.4 Å². The van der Waals surface area contributed by atoms with Crippen LogP contribution >= 0.6 is 11.6 Å². The number of ether oxygens (including phenoxy) is 1. The largest absolute Gasteiger partial charge is 0.385 e. The number of hydrogen-bond donors (Lipinski definition) is 2. The van der Waals surface area contributed by atoms with E-state index in [-0.39, 0.29) is 27.1 Å². The molecule has 0 bridgehead atoms. The van der Waals surface area contributed by atoms with E-state index in [9.17, 15) is 17.6 Å². The van der Waals surface area contributed by atoms with Crippen LogP contribution in [0.25, 0.3) is 0 Å². The van der Waals surface area contributed by atoms with Crippen molar-refractivity contribution >= 4 is 33.2 Å². The molecule has 0 fully saturated rings. The number of carbonyl (C=O) groups is 1. The molecule has 0 spiro atoms. The Labute approximate surface area is 162 Å². The highest BCUT2D eigenvalue weighted by Gasteiger charge is 2.17. The second-order valence-electron chi connectivity index (χ2n) is 5.71. The van der Waals surface area contributed by atoms with E-state index >= 15 is 0 Å². The maximum Gasteiger partial charge on any atom is 0.261 e. The maximum absolute atomic E-state index is 13.0. The summed E-state index contributed by atoms with van der Waals surface area (Å²) in [6.45, 7) is 1.09. The normalized spacial score (nSPS) is 11.2. The van der Waals surface area contributed by atoms with Crippen LogP contribution in [-0.2, 0) is 14.8 Å². The lowest BCUT2D eigenvalue weighted by atomic mass is 10.2. The van der Waals surface area contributed by atoms with Gasteiger partial charge in [-0.25, -0.2) is 12.8 Å². The van der Waals surface area contributed by atoms with Gasteiger partial charge < -0.3 is 10.1 Å². The van der Waals surface area contributed by atoms with Gasteiger partial charge in [0.05, 0.1) is 15.6 Å². The van der Waals surface area contributed by atoms with Gasteiger partial charge in [-0.15, -0.1) is 0 Å². The lowest BCUT2D eigenvalue weighted by Gasteiger charge is -2.12. The Morgan fingerprint density at radius 1 is 1.15 bits per heavy atom. The molecule has 0 atom stereocenters. The Kier molecular flexibility index (Phi) is 7.58. The van der Waals surface area contributed by atoms with E-state index in [1.165, 1.54) is 18.2 Å². The number of amides is 1. The smallest absolute Gasteiger partial charge is 0.261 e. The van der Waals surface area contributed by atoms with Crippen LogP contribution in [0, 0.1) is 5.82 Å². The van der Waals surface area contributed by atoms with Gasteiger partial charge in [0.2, 0.25) is 0 Å². The molecular formula is C18H20ClFN2O4S. The lowest BCUT2D eigenvalue weighted by Crippen LogP contribution is -2.25. The fourth-order valence-corrected chi connectivity index (χ4v) is 3.53. The van der Waals surface area contributed by atoms with Gasteiger partial charge in [0.25, 0.3) is 15.9 Å². The van der Waals surface area contributed by atoms with Crippen molar-refractivity contribution in [2.24, 2.45) is 0 Å². The third kappa shape index (κ3) is 6.20. The summed E-state index contributed by atoms with van der Waals surface area (Å²) in [5.41, 5.74) is 0.330. The zero-order chi connectivity index (χ0) is 19.9. The summed E-state index contributed by atoms with van der Waals surface area (Å²) in [4.78, 5) is 12.1.